The number of benzene rings is 1. The normalized spacial score (nSPS) is 22.4. The molecule has 2 aromatic rings. The van der Waals surface area contributed by atoms with Crippen LogP contribution in [-0.4, -0.2) is 30.1 Å². The van der Waals surface area contributed by atoms with Gasteiger partial charge in [0, 0.05) is 35.6 Å². The molecule has 19 heavy (non-hydrogen) atoms. The van der Waals surface area contributed by atoms with Crippen molar-refractivity contribution in [3.05, 3.63) is 36.1 Å². The molecule has 1 aliphatic rings. The lowest BCUT2D eigenvalue weighted by Crippen LogP contribution is -2.32. The average Bonchev–Trinajstić information content (AvgIpc) is 2.94. The lowest BCUT2D eigenvalue weighted by molar-refractivity contribution is 0.240. The Morgan fingerprint density at radius 1 is 1.37 bits per heavy atom. The molecule has 0 amide bonds. The van der Waals surface area contributed by atoms with Crippen molar-refractivity contribution in [2.75, 3.05) is 13.6 Å². The standard InChI is InChI=1S/C16H22N2O/c1-16(2)8-13(9-17-16)18(3)10-12-11-19-15-7-5-4-6-14(12)15/h4-7,11,13,17H,8-10H2,1-3H3. The molecule has 1 N–H and O–H groups in total. The molecule has 0 spiro atoms. The van der Waals surface area contributed by atoms with Crippen LogP contribution in [0.25, 0.3) is 11.0 Å². The minimum absolute atomic E-state index is 0.261. The topological polar surface area (TPSA) is 28.4 Å². The van der Waals surface area contributed by atoms with Crippen LogP contribution in [0.1, 0.15) is 25.8 Å². The van der Waals surface area contributed by atoms with Gasteiger partial charge in [-0.1, -0.05) is 18.2 Å². The van der Waals surface area contributed by atoms with E-state index < -0.39 is 0 Å². The third-order valence-electron chi connectivity index (χ3n) is 4.17. The Hall–Kier alpha value is -1.32. The molecule has 0 bridgehead atoms. The molecule has 1 aromatic heterocycles. The summed E-state index contributed by atoms with van der Waals surface area (Å²) in [6.45, 7) is 6.56. The fourth-order valence-electron chi connectivity index (χ4n) is 2.99. The van der Waals surface area contributed by atoms with Crippen molar-refractivity contribution in [3.63, 3.8) is 0 Å². The molecule has 1 atom stereocenters. The number of hydrogen-bond donors (Lipinski definition) is 1. The van der Waals surface area contributed by atoms with E-state index in [1.807, 2.05) is 18.4 Å². The third kappa shape index (κ3) is 2.53. The second-order valence-corrected chi connectivity index (χ2v) is 6.29. The highest BCUT2D eigenvalue weighted by molar-refractivity contribution is 5.80. The average molecular weight is 258 g/mol. The van der Waals surface area contributed by atoms with Gasteiger partial charge < -0.3 is 9.73 Å². The van der Waals surface area contributed by atoms with Gasteiger partial charge in [-0.05, 0) is 33.4 Å². The smallest absolute Gasteiger partial charge is 0.134 e. The molecule has 0 aliphatic carbocycles. The molecule has 1 fully saturated rings. The number of hydrogen-bond acceptors (Lipinski definition) is 3. The molecule has 1 aromatic carbocycles. The zero-order valence-electron chi connectivity index (χ0n) is 11.9. The highest BCUT2D eigenvalue weighted by atomic mass is 16.3. The largest absolute Gasteiger partial charge is 0.464 e. The minimum Gasteiger partial charge on any atom is -0.464 e. The number of rotatable bonds is 3. The summed E-state index contributed by atoms with van der Waals surface area (Å²) in [4.78, 5) is 2.43. The van der Waals surface area contributed by atoms with Crippen LogP contribution in [-0.2, 0) is 6.54 Å². The van der Waals surface area contributed by atoms with E-state index in [4.69, 9.17) is 4.42 Å². The van der Waals surface area contributed by atoms with Crippen LogP contribution in [0.3, 0.4) is 0 Å². The Kier molecular flexibility index (Phi) is 3.11. The van der Waals surface area contributed by atoms with Crippen LogP contribution in [0.15, 0.2) is 34.9 Å². The van der Waals surface area contributed by atoms with Crippen molar-refractivity contribution >= 4 is 11.0 Å². The van der Waals surface area contributed by atoms with Crippen molar-refractivity contribution in [2.24, 2.45) is 0 Å². The first kappa shape index (κ1) is 12.7. The summed E-state index contributed by atoms with van der Waals surface area (Å²) in [5.74, 6) is 0. The Balaban J connectivity index is 1.75. The zero-order valence-corrected chi connectivity index (χ0v) is 11.9. The van der Waals surface area contributed by atoms with Gasteiger partial charge in [-0.25, -0.2) is 0 Å². The molecule has 0 saturated carbocycles. The predicted octanol–water partition coefficient (Wildman–Crippen LogP) is 3.01. The van der Waals surface area contributed by atoms with E-state index in [0.717, 1.165) is 18.7 Å². The number of furan rings is 1. The lowest BCUT2D eigenvalue weighted by atomic mass is 10.0. The summed E-state index contributed by atoms with van der Waals surface area (Å²) in [6.07, 6.45) is 3.09. The van der Waals surface area contributed by atoms with E-state index in [1.165, 1.54) is 17.4 Å². The highest BCUT2D eigenvalue weighted by Crippen LogP contribution is 2.25. The van der Waals surface area contributed by atoms with Crippen LogP contribution in [0.5, 0.6) is 0 Å². The summed E-state index contributed by atoms with van der Waals surface area (Å²) in [5.41, 5.74) is 2.52. The fourth-order valence-corrected chi connectivity index (χ4v) is 2.99. The molecule has 102 valence electrons. The molecule has 3 nitrogen and oxygen atoms in total. The first-order valence-electron chi connectivity index (χ1n) is 6.95. The molecule has 3 rings (SSSR count). The second kappa shape index (κ2) is 4.66. The lowest BCUT2D eigenvalue weighted by Gasteiger charge is -2.24. The van der Waals surface area contributed by atoms with Crippen LogP contribution in [0.4, 0.5) is 0 Å². The van der Waals surface area contributed by atoms with Crippen molar-refractivity contribution in [3.8, 4) is 0 Å². The van der Waals surface area contributed by atoms with Gasteiger partial charge in [0.05, 0.1) is 6.26 Å². The number of likely N-dealkylation sites (N-methyl/N-ethyl adjacent to an activating group) is 1. The van der Waals surface area contributed by atoms with Crippen LogP contribution in [0, 0.1) is 0 Å². The molecule has 3 heteroatoms. The predicted molar refractivity (Wildman–Crippen MR) is 78.2 cm³/mol. The summed E-state index contributed by atoms with van der Waals surface area (Å²) in [7, 11) is 2.20. The maximum absolute atomic E-state index is 5.61. The Morgan fingerprint density at radius 2 is 2.16 bits per heavy atom. The molecule has 1 unspecified atom stereocenters. The fraction of sp³-hybridized carbons (Fsp3) is 0.500. The number of nitrogens with one attached hydrogen (secondary N) is 1. The quantitative estimate of drug-likeness (QED) is 0.917. The zero-order chi connectivity index (χ0) is 13.5. The Morgan fingerprint density at radius 3 is 2.89 bits per heavy atom. The van der Waals surface area contributed by atoms with Gasteiger partial charge in [0.25, 0.3) is 0 Å². The molecular weight excluding hydrogens is 236 g/mol. The van der Waals surface area contributed by atoms with Crippen molar-refractivity contribution in [1.29, 1.82) is 0 Å². The Bertz CT molecular complexity index is 573. The van der Waals surface area contributed by atoms with E-state index in [-0.39, 0.29) is 5.54 Å². The maximum Gasteiger partial charge on any atom is 0.134 e. The number of fused-ring (bicyclic) bond motifs is 1. The van der Waals surface area contributed by atoms with E-state index in [2.05, 4.69) is 43.2 Å². The van der Waals surface area contributed by atoms with Crippen LogP contribution >= 0.6 is 0 Å². The van der Waals surface area contributed by atoms with Gasteiger partial charge in [0.2, 0.25) is 0 Å². The van der Waals surface area contributed by atoms with Crippen LogP contribution < -0.4 is 5.32 Å². The van der Waals surface area contributed by atoms with Gasteiger partial charge in [-0.15, -0.1) is 0 Å². The van der Waals surface area contributed by atoms with Gasteiger partial charge >= 0.3 is 0 Å². The van der Waals surface area contributed by atoms with Gasteiger partial charge in [0.1, 0.15) is 5.58 Å². The summed E-state index contributed by atoms with van der Waals surface area (Å²) >= 11 is 0. The SMILES string of the molecule is CN(Cc1coc2ccccc12)C1CNC(C)(C)C1. The van der Waals surface area contributed by atoms with Gasteiger partial charge in [-0.2, -0.15) is 0 Å². The first-order valence-corrected chi connectivity index (χ1v) is 6.95. The highest BCUT2D eigenvalue weighted by Gasteiger charge is 2.32. The Labute approximate surface area is 114 Å². The summed E-state index contributed by atoms with van der Waals surface area (Å²) < 4.78 is 5.61. The van der Waals surface area contributed by atoms with E-state index in [1.54, 1.807) is 0 Å². The molecule has 1 saturated heterocycles. The number of nitrogens with zero attached hydrogens (tertiary/aromatic N) is 1. The molecular formula is C16H22N2O. The monoisotopic (exact) mass is 258 g/mol. The van der Waals surface area contributed by atoms with E-state index in [0.29, 0.717) is 6.04 Å². The van der Waals surface area contributed by atoms with Crippen molar-refractivity contribution in [2.45, 2.75) is 38.4 Å². The number of para-hydroxylation sites is 1. The van der Waals surface area contributed by atoms with E-state index >= 15 is 0 Å². The van der Waals surface area contributed by atoms with Crippen molar-refractivity contribution in [1.82, 2.24) is 10.2 Å². The summed E-state index contributed by atoms with van der Waals surface area (Å²) in [5, 5.41) is 4.81. The maximum atomic E-state index is 5.61. The summed E-state index contributed by atoms with van der Waals surface area (Å²) in [6, 6.07) is 8.85. The minimum atomic E-state index is 0.261. The van der Waals surface area contributed by atoms with Gasteiger partial charge in [-0.3, -0.25) is 4.90 Å². The third-order valence-corrected chi connectivity index (χ3v) is 4.17. The first-order chi connectivity index (χ1) is 9.05. The molecule has 2 heterocycles. The van der Waals surface area contributed by atoms with E-state index in [9.17, 15) is 0 Å². The van der Waals surface area contributed by atoms with Crippen LogP contribution in [0.2, 0.25) is 0 Å². The molecule has 0 radical (unpaired) electrons. The van der Waals surface area contributed by atoms with Crippen molar-refractivity contribution < 1.29 is 4.42 Å². The molecule has 1 aliphatic heterocycles. The van der Waals surface area contributed by atoms with Gasteiger partial charge in [0.15, 0.2) is 0 Å². The second-order valence-electron chi connectivity index (χ2n) is 6.29.